The van der Waals surface area contributed by atoms with Crippen LogP contribution in [-0.2, 0) is 0 Å². The third kappa shape index (κ3) is 2.68. The fourth-order valence-electron chi connectivity index (χ4n) is 2.78. The summed E-state index contributed by atoms with van der Waals surface area (Å²) in [4.78, 5) is 2.41. The first-order valence-electron chi connectivity index (χ1n) is 6.80. The normalized spacial score (nSPS) is 29.2. The molecule has 3 N–H and O–H groups in total. The Morgan fingerprint density at radius 1 is 1.44 bits per heavy atom. The second kappa shape index (κ2) is 5.29. The van der Waals surface area contributed by atoms with Crippen LogP contribution in [0.15, 0.2) is 24.3 Å². The average molecular weight is 247 g/mol. The van der Waals surface area contributed by atoms with E-state index in [1.165, 1.54) is 11.3 Å². The van der Waals surface area contributed by atoms with Crippen molar-refractivity contribution in [2.45, 2.75) is 38.3 Å². The van der Waals surface area contributed by atoms with Gasteiger partial charge >= 0.3 is 0 Å². The molecule has 1 aromatic rings. The summed E-state index contributed by atoms with van der Waals surface area (Å²) in [6, 6.07) is 9.03. The van der Waals surface area contributed by atoms with Gasteiger partial charge in [0.15, 0.2) is 0 Å². The number of para-hydroxylation sites is 1. The van der Waals surface area contributed by atoms with Crippen LogP contribution >= 0.6 is 0 Å². The number of hydrogen-bond donors (Lipinski definition) is 2. The smallest absolute Gasteiger partial charge is 0.0522 e. The summed E-state index contributed by atoms with van der Waals surface area (Å²) in [6.45, 7) is 6.23. The first kappa shape index (κ1) is 13.4. The zero-order valence-corrected chi connectivity index (χ0v) is 11.7. The number of likely N-dealkylation sites (tertiary alicyclic amines) is 1. The van der Waals surface area contributed by atoms with Gasteiger partial charge in [-0.2, -0.15) is 0 Å². The number of anilines is 1. The SMILES string of the molecule is Cc1ccccc1NC1(CN)CCN(C)C(C)C1. The second-order valence-electron chi connectivity index (χ2n) is 5.71. The van der Waals surface area contributed by atoms with E-state index < -0.39 is 0 Å². The van der Waals surface area contributed by atoms with Crippen LogP contribution in [-0.4, -0.2) is 36.6 Å². The molecule has 2 atom stereocenters. The van der Waals surface area contributed by atoms with Crippen LogP contribution in [0.5, 0.6) is 0 Å². The Balaban J connectivity index is 2.16. The molecule has 2 rings (SSSR count). The van der Waals surface area contributed by atoms with Crippen LogP contribution in [0.25, 0.3) is 0 Å². The molecule has 1 heterocycles. The molecule has 0 saturated carbocycles. The van der Waals surface area contributed by atoms with E-state index in [1.807, 2.05) is 0 Å². The van der Waals surface area contributed by atoms with E-state index in [4.69, 9.17) is 5.73 Å². The maximum Gasteiger partial charge on any atom is 0.0522 e. The van der Waals surface area contributed by atoms with Gasteiger partial charge in [0.05, 0.1) is 5.54 Å². The lowest BCUT2D eigenvalue weighted by Crippen LogP contribution is -2.55. The van der Waals surface area contributed by atoms with Gasteiger partial charge in [-0.05, 0) is 45.4 Å². The highest BCUT2D eigenvalue weighted by Gasteiger charge is 2.35. The van der Waals surface area contributed by atoms with Crippen molar-refractivity contribution in [3.05, 3.63) is 29.8 Å². The van der Waals surface area contributed by atoms with Gasteiger partial charge in [0, 0.05) is 24.8 Å². The van der Waals surface area contributed by atoms with Crippen LogP contribution in [0.1, 0.15) is 25.3 Å². The molecule has 1 aromatic carbocycles. The predicted octanol–water partition coefficient (Wildman–Crippen LogP) is 2.22. The van der Waals surface area contributed by atoms with Gasteiger partial charge in [0.1, 0.15) is 0 Å². The highest BCUT2D eigenvalue weighted by atomic mass is 15.2. The van der Waals surface area contributed by atoms with E-state index in [9.17, 15) is 0 Å². The van der Waals surface area contributed by atoms with E-state index in [1.54, 1.807) is 0 Å². The molecule has 2 unspecified atom stereocenters. The molecule has 0 radical (unpaired) electrons. The molecule has 1 aliphatic heterocycles. The van der Waals surface area contributed by atoms with Gasteiger partial charge in [-0.1, -0.05) is 18.2 Å². The van der Waals surface area contributed by atoms with Crippen molar-refractivity contribution in [3.8, 4) is 0 Å². The lowest BCUT2D eigenvalue weighted by Gasteiger charge is -2.45. The van der Waals surface area contributed by atoms with Crippen LogP contribution in [0.2, 0.25) is 0 Å². The largest absolute Gasteiger partial charge is 0.378 e. The van der Waals surface area contributed by atoms with E-state index in [0.717, 1.165) is 19.4 Å². The standard InChI is InChI=1S/C15H25N3/c1-12-6-4-5-7-14(12)17-15(11-16)8-9-18(3)13(2)10-15/h4-7,13,17H,8-11,16H2,1-3H3. The summed E-state index contributed by atoms with van der Waals surface area (Å²) < 4.78 is 0. The van der Waals surface area contributed by atoms with Crippen LogP contribution in [0, 0.1) is 6.92 Å². The molecule has 3 nitrogen and oxygen atoms in total. The maximum absolute atomic E-state index is 6.06. The number of piperidine rings is 1. The zero-order valence-electron chi connectivity index (χ0n) is 11.7. The number of nitrogens with two attached hydrogens (primary N) is 1. The van der Waals surface area contributed by atoms with E-state index in [0.29, 0.717) is 12.6 Å². The molecule has 1 fully saturated rings. The molecular weight excluding hydrogens is 222 g/mol. The number of hydrogen-bond acceptors (Lipinski definition) is 3. The number of nitrogens with one attached hydrogen (secondary N) is 1. The highest BCUT2D eigenvalue weighted by Crippen LogP contribution is 2.30. The number of aryl methyl sites for hydroxylation is 1. The Hall–Kier alpha value is -1.06. The van der Waals surface area contributed by atoms with E-state index in [-0.39, 0.29) is 5.54 Å². The Morgan fingerprint density at radius 2 is 2.17 bits per heavy atom. The van der Waals surface area contributed by atoms with Crippen LogP contribution in [0.4, 0.5) is 5.69 Å². The predicted molar refractivity (Wildman–Crippen MR) is 77.9 cm³/mol. The number of rotatable bonds is 3. The lowest BCUT2D eigenvalue weighted by atomic mass is 9.83. The molecule has 18 heavy (non-hydrogen) atoms. The van der Waals surface area contributed by atoms with Crippen molar-refractivity contribution in [2.24, 2.45) is 5.73 Å². The first-order valence-corrected chi connectivity index (χ1v) is 6.80. The summed E-state index contributed by atoms with van der Waals surface area (Å²) >= 11 is 0. The molecule has 0 spiro atoms. The van der Waals surface area contributed by atoms with E-state index in [2.05, 4.69) is 55.4 Å². The van der Waals surface area contributed by atoms with E-state index >= 15 is 0 Å². The summed E-state index contributed by atoms with van der Waals surface area (Å²) in [6.07, 6.45) is 2.22. The fraction of sp³-hybridized carbons (Fsp3) is 0.600. The summed E-state index contributed by atoms with van der Waals surface area (Å²) in [5.74, 6) is 0. The molecule has 3 heteroatoms. The quantitative estimate of drug-likeness (QED) is 0.860. The Morgan fingerprint density at radius 3 is 2.78 bits per heavy atom. The Labute approximate surface area is 110 Å². The van der Waals surface area contributed by atoms with Gasteiger partial charge in [0.25, 0.3) is 0 Å². The molecule has 0 aromatic heterocycles. The third-order valence-electron chi connectivity index (χ3n) is 4.32. The first-order chi connectivity index (χ1) is 8.56. The minimum Gasteiger partial charge on any atom is -0.378 e. The van der Waals surface area contributed by atoms with Gasteiger partial charge in [0.2, 0.25) is 0 Å². The Kier molecular flexibility index (Phi) is 3.93. The highest BCUT2D eigenvalue weighted by molar-refractivity contribution is 5.52. The molecule has 1 aliphatic rings. The number of nitrogens with zero attached hydrogens (tertiary/aromatic N) is 1. The average Bonchev–Trinajstić information content (AvgIpc) is 2.37. The van der Waals surface area contributed by atoms with Crippen molar-refractivity contribution in [3.63, 3.8) is 0 Å². The topological polar surface area (TPSA) is 41.3 Å². The van der Waals surface area contributed by atoms with Gasteiger partial charge in [-0.3, -0.25) is 0 Å². The van der Waals surface area contributed by atoms with Crippen molar-refractivity contribution in [1.29, 1.82) is 0 Å². The van der Waals surface area contributed by atoms with Crippen molar-refractivity contribution in [1.82, 2.24) is 4.90 Å². The minimum absolute atomic E-state index is 0.0536. The van der Waals surface area contributed by atoms with Crippen molar-refractivity contribution >= 4 is 5.69 Å². The zero-order chi connectivity index (χ0) is 13.2. The minimum atomic E-state index is 0.0536. The van der Waals surface area contributed by atoms with Gasteiger partial charge in [-0.15, -0.1) is 0 Å². The molecule has 0 bridgehead atoms. The molecule has 100 valence electrons. The maximum atomic E-state index is 6.06. The lowest BCUT2D eigenvalue weighted by molar-refractivity contribution is 0.146. The van der Waals surface area contributed by atoms with Crippen molar-refractivity contribution in [2.75, 3.05) is 25.5 Å². The van der Waals surface area contributed by atoms with Gasteiger partial charge in [-0.25, -0.2) is 0 Å². The monoisotopic (exact) mass is 247 g/mol. The molecule has 1 saturated heterocycles. The summed E-state index contributed by atoms with van der Waals surface area (Å²) in [7, 11) is 2.19. The number of benzene rings is 1. The second-order valence-corrected chi connectivity index (χ2v) is 5.71. The molecular formula is C15H25N3. The molecule has 0 aliphatic carbocycles. The third-order valence-corrected chi connectivity index (χ3v) is 4.32. The summed E-state index contributed by atoms with van der Waals surface area (Å²) in [5, 5.41) is 3.71. The fourth-order valence-corrected chi connectivity index (χ4v) is 2.78. The molecule has 0 amide bonds. The summed E-state index contributed by atoms with van der Waals surface area (Å²) in [5.41, 5.74) is 8.63. The van der Waals surface area contributed by atoms with Crippen LogP contribution < -0.4 is 11.1 Å². The Bertz CT molecular complexity index is 404. The van der Waals surface area contributed by atoms with Gasteiger partial charge < -0.3 is 16.0 Å². The van der Waals surface area contributed by atoms with Crippen molar-refractivity contribution < 1.29 is 0 Å². The van der Waals surface area contributed by atoms with Crippen LogP contribution in [0.3, 0.4) is 0 Å².